The van der Waals surface area contributed by atoms with Crippen molar-refractivity contribution in [2.24, 2.45) is 7.05 Å². The first-order valence-electron chi connectivity index (χ1n) is 8.46. The number of carbonyl (C=O) groups is 1. The Hall–Kier alpha value is -2.66. The van der Waals surface area contributed by atoms with Crippen LogP contribution in [0.3, 0.4) is 0 Å². The van der Waals surface area contributed by atoms with Crippen molar-refractivity contribution in [3.63, 3.8) is 0 Å². The standard InChI is InChI=1S/C20H20ClN3O2/c1-4-13-5-7-14(8-6-13)19(25)22-12(2)18-23-17-11-15(21)9-10-16(17)20(26)24(18)3/h5-12H,4H2,1-3H3,(H,22,25)/t12-/m0/s1. The molecule has 1 aromatic heterocycles. The summed E-state index contributed by atoms with van der Waals surface area (Å²) in [5.41, 5.74) is 2.09. The van der Waals surface area contributed by atoms with Crippen molar-refractivity contribution in [2.45, 2.75) is 26.3 Å². The number of amides is 1. The van der Waals surface area contributed by atoms with Crippen molar-refractivity contribution in [3.8, 4) is 0 Å². The molecule has 0 radical (unpaired) electrons. The second-order valence-electron chi connectivity index (χ2n) is 6.24. The number of fused-ring (bicyclic) bond motifs is 1. The van der Waals surface area contributed by atoms with Gasteiger partial charge in [0.25, 0.3) is 11.5 Å². The van der Waals surface area contributed by atoms with Crippen LogP contribution in [0.2, 0.25) is 5.02 Å². The minimum atomic E-state index is -0.436. The Bertz CT molecular complexity index is 1030. The highest BCUT2D eigenvalue weighted by molar-refractivity contribution is 6.31. The Morgan fingerprint density at radius 2 is 1.92 bits per heavy atom. The molecule has 0 spiro atoms. The van der Waals surface area contributed by atoms with E-state index in [4.69, 9.17) is 11.6 Å². The van der Waals surface area contributed by atoms with E-state index in [0.717, 1.165) is 6.42 Å². The zero-order valence-corrected chi connectivity index (χ0v) is 15.7. The van der Waals surface area contributed by atoms with Crippen LogP contribution in [-0.4, -0.2) is 15.5 Å². The number of hydrogen-bond acceptors (Lipinski definition) is 3. The first kappa shape index (κ1) is 18.1. The fraction of sp³-hybridized carbons (Fsp3) is 0.250. The molecule has 0 saturated carbocycles. The van der Waals surface area contributed by atoms with Crippen molar-refractivity contribution in [3.05, 3.63) is 74.8 Å². The van der Waals surface area contributed by atoms with Crippen LogP contribution in [0.5, 0.6) is 0 Å². The minimum absolute atomic E-state index is 0.171. The maximum atomic E-state index is 12.6. The number of nitrogens with zero attached hydrogens (tertiary/aromatic N) is 2. The molecular weight excluding hydrogens is 350 g/mol. The molecule has 1 amide bonds. The monoisotopic (exact) mass is 369 g/mol. The number of aromatic nitrogens is 2. The lowest BCUT2D eigenvalue weighted by atomic mass is 10.1. The van der Waals surface area contributed by atoms with Gasteiger partial charge in [-0.15, -0.1) is 0 Å². The minimum Gasteiger partial charge on any atom is -0.342 e. The molecule has 3 aromatic rings. The van der Waals surface area contributed by atoms with Gasteiger partial charge in [-0.2, -0.15) is 0 Å². The van der Waals surface area contributed by atoms with Gasteiger partial charge in [0, 0.05) is 17.6 Å². The van der Waals surface area contributed by atoms with Crippen molar-refractivity contribution in [1.82, 2.24) is 14.9 Å². The fourth-order valence-corrected chi connectivity index (χ4v) is 3.05. The van der Waals surface area contributed by atoms with Gasteiger partial charge in [0.15, 0.2) is 0 Å². The average Bonchev–Trinajstić information content (AvgIpc) is 2.64. The Morgan fingerprint density at radius 3 is 2.58 bits per heavy atom. The third-order valence-electron chi connectivity index (χ3n) is 4.43. The molecule has 26 heavy (non-hydrogen) atoms. The molecule has 6 heteroatoms. The second-order valence-corrected chi connectivity index (χ2v) is 6.68. The third-order valence-corrected chi connectivity index (χ3v) is 4.67. The summed E-state index contributed by atoms with van der Waals surface area (Å²) >= 11 is 6.01. The smallest absolute Gasteiger partial charge is 0.261 e. The Balaban J connectivity index is 1.91. The first-order valence-corrected chi connectivity index (χ1v) is 8.84. The zero-order valence-electron chi connectivity index (χ0n) is 14.9. The summed E-state index contributed by atoms with van der Waals surface area (Å²) in [7, 11) is 1.65. The molecule has 0 aliphatic rings. The van der Waals surface area contributed by atoms with E-state index in [1.54, 1.807) is 44.3 Å². The number of hydrogen-bond donors (Lipinski definition) is 1. The number of benzene rings is 2. The molecule has 1 N–H and O–H groups in total. The molecule has 0 aliphatic carbocycles. The molecule has 134 valence electrons. The number of aryl methyl sites for hydroxylation is 1. The lowest BCUT2D eigenvalue weighted by molar-refractivity contribution is 0.0937. The summed E-state index contributed by atoms with van der Waals surface area (Å²) in [6.45, 7) is 3.87. The Morgan fingerprint density at radius 1 is 1.23 bits per heavy atom. The normalized spacial score (nSPS) is 12.2. The number of carbonyl (C=O) groups excluding carboxylic acids is 1. The number of rotatable bonds is 4. The molecule has 1 heterocycles. The van der Waals surface area contributed by atoms with Gasteiger partial charge in [0.1, 0.15) is 5.82 Å². The fourth-order valence-electron chi connectivity index (χ4n) is 2.88. The predicted molar refractivity (Wildman–Crippen MR) is 104 cm³/mol. The van der Waals surface area contributed by atoms with Crippen LogP contribution in [0.1, 0.15) is 41.6 Å². The first-order chi connectivity index (χ1) is 12.4. The average molecular weight is 370 g/mol. The van der Waals surface area contributed by atoms with Gasteiger partial charge >= 0.3 is 0 Å². The summed E-state index contributed by atoms with van der Waals surface area (Å²) in [6.07, 6.45) is 0.921. The van der Waals surface area contributed by atoms with E-state index in [1.165, 1.54) is 10.1 Å². The third kappa shape index (κ3) is 3.48. The highest BCUT2D eigenvalue weighted by Gasteiger charge is 2.17. The molecule has 0 bridgehead atoms. The molecule has 1 atom stereocenters. The van der Waals surface area contributed by atoms with Crippen molar-refractivity contribution < 1.29 is 4.79 Å². The van der Waals surface area contributed by atoms with Crippen LogP contribution in [-0.2, 0) is 13.5 Å². The summed E-state index contributed by atoms with van der Waals surface area (Å²) in [6, 6.07) is 12.0. The highest BCUT2D eigenvalue weighted by atomic mass is 35.5. The number of halogens is 1. The highest BCUT2D eigenvalue weighted by Crippen LogP contribution is 2.18. The lowest BCUT2D eigenvalue weighted by Gasteiger charge is -2.17. The van der Waals surface area contributed by atoms with Gasteiger partial charge in [-0.3, -0.25) is 14.2 Å². The van der Waals surface area contributed by atoms with Gasteiger partial charge in [-0.1, -0.05) is 30.7 Å². The van der Waals surface area contributed by atoms with Gasteiger partial charge in [-0.25, -0.2) is 4.98 Å². The molecule has 0 fully saturated rings. The van der Waals surface area contributed by atoms with Gasteiger partial charge < -0.3 is 5.32 Å². The summed E-state index contributed by atoms with van der Waals surface area (Å²) < 4.78 is 1.46. The quantitative estimate of drug-likeness (QED) is 0.763. The topological polar surface area (TPSA) is 64.0 Å². The summed E-state index contributed by atoms with van der Waals surface area (Å²) in [4.78, 5) is 29.6. The molecule has 0 unspecified atom stereocenters. The number of nitrogens with one attached hydrogen (secondary N) is 1. The summed E-state index contributed by atoms with van der Waals surface area (Å²) in [5.74, 6) is 0.267. The van der Waals surface area contributed by atoms with Crippen LogP contribution in [0, 0.1) is 0 Å². The largest absolute Gasteiger partial charge is 0.342 e. The Kier molecular flexibility index (Phi) is 5.09. The molecule has 0 aliphatic heterocycles. The second kappa shape index (κ2) is 7.30. The predicted octanol–water partition coefficient (Wildman–Crippen LogP) is 3.64. The van der Waals surface area contributed by atoms with Crippen molar-refractivity contribution >= 4 is 28.4 Å². The van der Waals surface area contributed by atoms with E-state index in [2.05, 4.69) is 17.2 Å². The molecule has 2 aromatic carbocycles. The van der Waals surface area contributed by atoms with Crippen LogP contribution in [0.4, 0.5) is 0 Å². The van der Waals surface area contributed by atoms with Crippen LogP contribution >= 0.6 is 11.6 Å². The van der Waals surface area contributed by atoms with E-state index in [0.29, 0.717) is 27.3 Å². The summed E-state index contributed by atoms with van der Waals surface area (Å²) in [5, 5.41) is 3.91. The SMILES string of the molecule is CCc1ccc(C(=O)N[C@@H](C)c2nc3cc(Cl)ccc3c(=O)n2C)cc1. The molecule has 0 saturated heterocycles. The van der Waals surface area contributed by atoms with Gasteiger partial charge in [0.2, 0.25) is 0 Å². The van der Waals surface area contributed by atoms with E-state index in [9.17, 15) is 9.59 Å². The van der Waals surface area contributed by atoms with Gasteiger partial charge in [0.05, 0.1) is 16.9 Å². The van der Waals surface area contributed by atoms with Crippen LogP contribution in [0.15, 0.2) is 47.3 Å². The van der Waals surface area contributed by atoms with Crippen LogP contribution < -0.4 is 10.9 Å². The van der Waals surface area contributed by atoms with E-state index < -0.39 is 6.04 Å². The van der Waals surface area contributed by atoms with Crippen molar-refractivity contribution in [1.29, 1.82) is 0 Å². The lowest BCUT2D eigenvalue weighted by Crippen LogP contribution is -2.32. The Labute approximate surface area is 156 Å². The van der Waals surface area contributed by atoms with Gasteiger partial charge in [-0.05, 0) is 49.2 Å². The maximum Gasteiger partial charge on any atom is 0.261 e. The van der Waals surface area contributed by atoms with Crippen LogP contribution in [0.25, 0.3) is 10.9 Å². The molecule has 3 rings (SSSR count). The van der Waals surface area contributed by atoms with Crippen molar-refractivity contribution in [2.75, 3.05) is 0 Å². The van der Waals surface area contributed by atoms with E-state index in [1.807, 2.05) is 12.1 Å². The maximum absolute atomic E-state index is 12.6. The zero-order chi connectivity index (χ0) is 18.8. The van der Waals surface area contributed by atoms with E-state index in [-0.39, 0.29) is 11.5 Å². The molecule has 5 nitrogen and oxygen atoms in total. The van der Waals surface area contributed by atoms with E-state index >= 15 is 0 Å². The molecular formula is C20H20ClN3O2.